The lowest BCUT2D eigenvalue weighted by Crippen LogP contribution is -2.31. The number of ether oxygens (including phenoxy) is 2. The van der Waals surface area contributed by atoms with Gasteiger partial charge in [0.1, 0.15) is 17.1 Å². The second kappa shape index (κ2) is 6.64. The topological polar surface area (TPSA) is 38.7 Å². The Kier molecular flexibility index (Phi) is 4.86. The van der Waals surface area contributed by atoms with Crippen LogP contribution in [0.5, 0.6) is 0 Å². The van der Waals surface area contributed by atoms with Crippen molar-refractivity contribution in [1.82, 2.24) is 0 Å². The summed E-state index contributed by atoms with van der Waals surface area (Å²) in [5.74, 6) is 1.35. The van der Waals surface area contributed by atoms with Crippen molar-refractivity contribution in [3.05, 3.63) is 71.3 Å². The fourth-order valence-corrected chi connectivity index (χ4v) is 2.54. The standard InChI is InChI=1S/C18H22O3/c1-18(19,14-10-6-4-8-12-16(14)20-2)15-11-7-5-9-13-17(15)21-3/h4,6-7,9-13,19H,5,8H2,1-3H3. The number of aliphatic hydroxyl groups is 1. The van der Waals surface area contributed by atoms with E-state index < -0.39 is 5.60 Å². The highest BCUT2D eigenvalue weighted by molar-refractivity contribution is 5.51. The van der Waals surface area contributed by atoms with Crippen LogP contribution in [0, 0.1) is 0 Å². The highest BCUT2D eigenvalue weighted by Gasteiger charge is 2.34. The van der Waals surface area contributed by atoms with E-state index in [-0.39, 0.29) is 0 Å². The van der Waals surface area contributed by atoms with Gasteiger partial charge in [0.25, 0.3) is 0 Å². The van der Waals surface area contributed by atoms with Gasteiger partial charge in [0.05, 0.1) is 14.2 Å². The van der Waals surface area contributed by atoms with Crippen molar-refractivity contribution in [3.63, 3.8) is 0 Å². The smallest absolute Gasteiger partial charge is 0.124 e. The summed E-state index contributed by atoms with van der Waals surface area (Å²) in [5.41, 5.74) is 0.249. The zero-order valence-corrected chi connectivity index (χ0v) is 12.8. The molecule has 0 aromatic carbocycles. The van der Waals surface area contributed by atoms with Crippen molar-refractivity contribution in [2.45, 2.75) is 25.4 Å². The van der Waals surface area contributed by atoms with Gasteiger partial charge in [-0.25, -0.2) is 0 Å². The Hall–Kier alpha value is -2.00. The lowest BCUT2D eigenvalue weighted by Gasteiger charge is -2.30. The van der Waals surface area contributed by atoms with Crippen molar-refractivity contribution in [2.24, 2.45) is 0 Å². The Morgan fingerprint density at radius 3 is 2.52 bits per heavy atom. The summed E-state index contributed by atoms with van der Waals surface area (Å²) in [7, 11) is 3.24. The number of rotatable bonds is 4. The zero-order valence-electron chi connectivity index (χ0n) is 12.8. The van der Waals surface area contributed by atoms with Crippen LogP contribution >= 0.6 is 0 Å². The predicted molar refractivity (Wildman–Crippen MR) is 84.5 cm³/mol. The quantitative estimate of drug-likeness (QED) is 0.858. The fourth-order valence-electron chi connectivity index (χ4n) is 2.54. The molecule has 0 bridgehead atoms. The van der Waals surface area contributed by atoms with Gasteiger partial charge >= 0.3 is 0 Å². The van der Waals surface area contributed by atoms with E-state index in [0.717, 1.165) is 24.0 Å². The lowest BCUT2D eigenvalue weighted by molar-refractivity contribution is 0.125. The first-order valence-electron chi connectivity index (χ1n) is 7.07. The molecule has 1 atom stereocenters. The molecule has 0 aromatic rings. The molecule has 0 fully saturated rings. The third-order valence-corrected chi connectivity index (χ3v) is 3.68. The number of methoxy groups -OCH3 is 2. The number of hydrogen-bond acceptors (Lipinski definition) is 3. The largest absolute Gasteiger partial charge is 0.497 e. The van der Waals surface area contributed by atoms with Crippen LogP contribution in [-0.4, -0.2) is 24.9 Å². The molecular weight excluding hydrogens is 264 g/mol. The van der Waals surface area contributed by atoms with Crippen LogP contribution < -0.4 is 0 Å². The molecule has 3 heteroatoms. The van der Waals surface area contributed by atoms with Gasteiger partial charge in [-0.05, 0) is 31.9 Å². The van der Waals surface area contributed by atoms with Crippen LogP contribution in [0.2, 0.25) is 0 Å². The molecule has 2 aliphatic carbocycles. The van der Waals surface area contributed by atoms with Gasteiger partial charge in [0, 0.05) is 11.1 Å². The number of hydrogen-bond donors (Lipinski definition) is 1. The summed E-state index contributed by atoms with van der Waals surface area (Å²) < 4.78 is 10.9. The molecule has 0 saturated heterocycles. The summed E-state index contributed by atoms with van der Waals surface area (Å²) in [6, 6.07) is 0. The molecule has 2 aliphatic rings. The molecule has 0 aliphatic heterocycles. The molecule has 1 N–H and O–H groups in total. The maximum Gasteiger partial charge on any atom is 0.124 e. The predicted octanol–water partition coefficient (Wildman–Crippen LogP) is 3.57. The summed E-state index contributed by atoms with van der Waals surface area (Å²) in [4.78, 5) is 0. The highest BCUT2D eigenvalue weighted by atomic mass is 16.5. The van der Waals surface area contributed by atoms with E-state index in [1.165, 1.54) is 0 Å². The third kappa shape index (κ3) is 3.19. The summed E-state index contributed by atoms with van der Waals surface area (Å²) in [6.07, 6.45) is 17.3. The Morgan fingerprint density at radius 2 is 1.81 bits per heavy atom. The first kappa shape index (κ1) is 15.4. The van der Waals surface area contributed by atoms with Crippen molar-refractivity contribution >= 4 is 0 Å². The van der Waals surface area contributed by atoms with Crippen LogP contribution in [0.25, 0.3) is 0 Å². The minimum Gasteiger partial charge on any atom is -0.497 e. The first-order valence-corrected chi connectivity index (χ1v) is 7.07. The van der Waals surface area contributed by atoms with E-state index in [4.69, 9.17) is 9.47 Å². The lowest BCUT2D eigenvalue weighted by atomic mass is 9.84. The van der Waals surface area contributed by atoms with Crippen molar-refractivity contribution in [1.29, 1.82) is 0 Å². The molecular formula is C18H22O3. The van der Waals surface area contributed by atoms with Gasteiger partial charge < -0.3 is 14.6 Å². The Balaban J connectivity index is 2.54. The average Bonchev–Trinajstić information content (AvgIpc) is 2.87. The van der Waals surface area contributed by atoms with Gasteiger partial charge in [-0.15, -0.1) is 0 Å². The second-order valence-corrected chi connectivity index (χ2v) is 5.11. The highest BCUT2D eigenvalue weighted by Crippen LogP contribution is 2.36. The summed E-state index contributed by atoms with van der Waals surface area (Å²) in [6.45, 7) is 1.77. The van der Waals surface area contributed by atoms with E-state index in [2.05, 4.69) is 0 Å². The molecule has 112 valence electrons. The van der Waals surface area contributed by atoms with E-state index in [1.54, 1.807) is 21.1 Å². The SMILES string of the molecule is COC1=CCC=CC=C1C(C)(O)C1=C(OC)C=CCC=C1. The third-order valence-electron chi connectivity index (χ3n) is 3.68. The van der Waals surface area contributed by atoms with Crippen LogP contribution in [0.15, 0.2) is 71.3 Å². The van der Waals surface area contributed by atoms with Crippen LogP contribution in [-0.2, 0) is 9.47 Å². The molecule has 0 saturated carbocycles. The van der Waals surface area contributed by atoms with Gasteiger partial charge in [0.15, 0.2) is 0 Å². The van der Waals surface area contributed by atoms with Crippen LogP contribution in [0.4, 0.5) is 0 Å². The number of allylic oxidation sites excluding steroid dienone is 7. The molecule has 0 spiro atoms. The van der Waals surface area contributed by atoms with E-state index in [0.29, 0.717) is 11.5 Å². The van der Waals surface area contributed by atoms with E-state index in [1.807, 2.05) is 48.6 Å². The zero-order chi connectivity index (χ0) is 15.3. The molecule has 1 unspecified atom stereocenters. The molecule has 0 aromatic heterocycles. The molecule has 2 rings (SSSR count). The molecule has 3 nitrogen and oxygen atoms in total. The molecule has 0 heterocycles. The minimum atomic E-state index is -1.20. The van der Waals surface area contributed by atoms with Gasteiger partial charge in [-0.3, -0.25) is 0 Å². The molecule has 0 amide bonds. The first-order chi connectivity index (χ1) is 10.1. The van der Waals surface area contributed by atoms with Crippen molar-refractivity contribution in [2.75, 3.05) is 14.2 Å². The van der Waals surface area contributed by atoms with Crippen LogP contribution in [0.3, 0.4) is 0 Å². The van der Waals surface area contributed by atoms with E-state index >= 15 is 0 Å². The maximum atomic E-state index is 11.2. The van der Waals surface area contributed by atoms with Crippen LogP contribution in [0.1, 0.15) is 19.8 Å². The van der Waals surface area contributed by atoms with Gasteiger partial charge in [0.2, 0.25) is 0 Å². The van der Waals surface area contributed by atoms with E-state index in [9.17, 15) is 5.11 Å². The summed E-state index contributed by atoms with van der Waals surface area (Å²) in [5, 5.41) is 11.2. The molecule has 21 heavy (non-hydrogen) atoms. The Bertz CT molecular complexity index is 569. The summed E-state index contributed by atoms with van der Waals surface area (Å²) >= 11 is 0. The molecule has 0 radical (unpaired) electrons. The van der Waals surface area contributed by atoms with Gasteiger partial charge in [-0.1, -0.05) is 36.5 Å². The minimum absolute atomic E-state index is 0.665. The normalized spacial score (nSPS) is 21.1. The average molecular weight is 286 g/mol. The van der Waals surface area contributed by atoms with Crippen molar-refractivity contribution < 1.29 is 14.6 Å². The second-order valence-electron chi connectivity index (χ2n) is 5.11. The monoisotopic (exact) mass is 286 g/mol. The van der Waals surface area contributed by atoms with Crippen molar-refractivity contribution in [3.8, 4) is 0 Å². The Morgan fingerprint density at radius 1 is 1.05 bits per heavy atom. The Labute approximate surface area is 126 Å². The van der Waals surface area contributed by atoms with Gasteiger partial charge in [-0.2, -0.15) is 0 Å². The fraction of sp³-hybridized carbons (Fsp3) is 0.333. The maximum absolute atomic E-state index is 11.2.